The highest BCUT2D eigenvalue weighted by Gasteiger charge is 2.33. The molecule has 0 aliphatic heterocycles. The second-order valence-electron chi connectivity index (χ2n) is 8.71. The minimum absolute atomic E-state index is 0.0389. The van der Waals surface area contributed by atoms with Crippen molar-refractivity contribution in [2.75, 3.05) is 13.2 Å². The van der Waals surface area contributed by atoms with Crippen LogP contribution in [0.25, 0.3) is 11.1 Å². The Balaban J connectivity index is 1.31. The standard InChI is InChI=1S/C26H27N3O5S/c1-3-26(2,24(32)27-12-22-29-21(14-35-22)23(30)31)15-28-25(33)34-13-20-18-10-6-4-8-16(18)17-9-5-7-11-19(17)20/h4-11,14,20H,3,12-13,15H2,1-2H3,(H,27,32)(H,28,33)(H,30,31). The van der Waals surface area contributed by atoms with Gasteiger partial charge in [0, 0.05) is 17.8 Å². The number of carbonyl (C=O) groups excluding carboxylic acids is 2. The largest absolute Gasteiger partial charge is 0.476 e. The van der Waals surface area contributed by atoms with E-state index >= 15 is 0 Å². The molecule has 1 atom stereocenters. The van der Waals surface area contributed by atoms with Crippen molar-refractivity contribution < 1.29 is 24.2 Å². The first-order valence-electron chi connectivity index (χ1n) is 11.4. The van der Waals surface area contributed by atoms with E-state index in [-0.39, 0.29) is 37.2 Å². The maximum Gasteiger partial charge on any atom is 0.407 e. The summed E-state index contributed by atoms with van der Waals surface area (Å²) in [6, 6.07) is 16.2. The molecular weight excluding hydrogens is 466 g/mol. The van der Waals surface area contributed by atoms with Gasteiger partial charge in [-0.1, -0.05) is 55.5 Å². The van der Waals surface area contributed by atoms with Crippen LogP contribution in [0, 0.1) is 5.41 Å². The van der Waals surface area contributed by atoms with Gasteiger partial charge in [-0.25, -0.2) is 14.6 Å². The van der Waals surface area contributed by atoms with Crippen LogP contribution in [0.15, 0.2) is 53.9 Å². The SMILES string of the molecule is CCC(C)(CNC(=O)OCC1c2ccccc2-c2ccccc21)C(=O)NCc1nc(C(=O)O)cs1. The molecule has 2 aromatic carbocycles. The summed E-state index contributed by atoms with van der Waals surface area (Å²) < 4.78 is 5.57. The molecule has 1 unspecified atom stereocenters. The van der Waals surface area contributed by atoms with Crippen molar-refractivity contribution in [1.29, 1.82) is 0 Å². The fraction of sp³-hybridized carbons (Fsp3) is 0.308. The fourth-order valence-corrected chi connectivity index (χ4v) is 4.85. The molecule has 0 spiro atoms. The molecule has 9 heteroatoms. The van der Waals surface area contributed by atoms with Crippen molar-refractivity contribution in [3.63, 3.8) is 0 Å². The first-order valence-corrected chi connectivity index (χ1v) is 12.2. The molecule has 4 rings (SSSR count). The Bertz CT molecular complexity index is 1210. The summed E-state index contributed by atoms with van der Waals surface area (Å²) in [7, 11) is 0. The third kappa shape index (κ3) is 5.19. The number of fused-ring (bicyclic) bond motifs is 3. The summed E-state index contributed by atoms with van der Waals surface area (Å²) >= 11 is 1.17. The van der Waals surface area contributed by atoms with E-state index in [0.717, 1.165) is 22.3 Å². The van der Waals surface area contributed by atoms with E-state index in [1.54, 1.807) is 6.92 Å². The molecule has 182 valence electrons. The van der Waals surface area contributed by atoms with Crippen LogP contribution in [0.5, 0.6) is 0 Å². The molecule has 1 aliphatic rings. The Morgan fingerprint density at radius 2 is 1.69 bits per heavy atom. The highest BCUT2D eigenvalue weighted by molar-refractivity contribution is 7.09. The molecule has 0 fully saturated rings. The number of amides is 2. The number of carboxylic acid groups (broad SMARTS) is 1. The molecular formula is C26H27N3O5S. The maximum absolute atomic E-state index is 12.8. The van der Waals surface area contributed by atoms with Crippen molar-refractivity contribution >= 4 is 29.3 Å². The molecule has 1 aromatic heterocycles. The predicted molar refractivity (Wildman–Crippen MR) is 132 cm³/mol. The minimum atomic E-state index is -1.11. The van der Waals surface area contributed by atoms with Crippen LogP contribution in [0.1, 0.15) is 52.8 Å². The van der Waals surface area contributed by atoms with Crippen LogP contribution in [0.2, 0.25) is 0 Å². The predicted octanol–water partition coefficient (Wildman–Crippen LogP) is 4.41. The lowest BCUT2D eigenvalue weighted by Crippen LogP contribution is -2.46. The van der Waals surface area contributed by atoms with Crippen molar-refractivity contribution in [2.24, 2.45) is 5.41 Å². The smallest absolute Gasteiger partial charge is 0.407 e. The van der Waals surface area contributed by atoms with Gasteiger partial charge in [-0.2, -0.15) is 0 Å². The van der Waals surface area contributed by atoms with Gasteiger partial charge in [0.15, 0.2) is 5.69 Å². The second-order valence-corrected chi connectivity index (χ2v) is 9.65. The van der Waals surface area contributed by atoms with Crippen LogP contribution in [0.3, 0.4) is 0 Å². The summed E-state index contributed by atoms with van der Waals surface area (Å²) in [4.78, 5) is 40.3. The molecule has 1 aliphatic carbocycles. The third-order valence-electron chi connectivity index (χ3n) is 6.47. The summed E-state index contributed by atoms with van der Waals surface area (Å²) in [6.45, 7) is 4.05. The van der Waals surface area contributed by atoms with Crippen molar-refractivity contribution in [1.82, 2.24) is 15.6 Å². The van der Waals surface area contributed by atoms with Gasteiger partial charge in [0.1, 0.15) is 11.6 Å². The highest BCUT2D eigenvalue weighted by Crippen LogP contribution is 2.44. The van der Waals surface area contributed by atoms with Crippen LogP contribution in [-0.2, 0) is 16.1 Å². The van der Waals surface area contributed by atoms with Crippen LogP contribution in [0.4, 0.5) is 4.79 Å². The normalized spacial score (nSPS) is 13.9. The van der Waals surface area contributed by atoms with E-state index in [1.165, 1.54) is 16.7 Å². The quantitative estimate of drug-likeness (QED) is 0.406. The molecule has 0 saturated carbocycles. The number of carboxylic acids is 1. The Hall–Kier alpha value is -3.72. The van der Waals surface area contributed by atoms with E-state index in [2.05, 4.69) is 39.9 Å². The van der Waals surface area contributed by atoms with Crippen molar-refractivity contribution in [3.05, 3.63) is 75.7 Å². The lowest BCUT2D eigenvalue weighted by Gasteiger charge is -2.27. The molecule has 35 heavy (non-hydrogen) atoms. The average Bonchev–Trinajstić information content (AvgIpc) is 3.48. The molecule has 2 amide bonds. The van der Waals surface area contributed by atoms with E-state index in [0.29, 0.717) is 11.4 Å². The fourth-order valence-electron chi connectivity index (χ4n) is 4.14. The monoisotopic (exact) mass is 493 g/mol. The lowest BCUT2D eigenvalue weighted by molar-refractivity contribution is -0.130. The lowest BCUT2D eigenvalue weighted by atomic mass is 9.86. The molecule has 0 bridgehead atoms. The topological polar surface area (TPSA) is 118 Å². The summed E-state index contributed by atoms with van der Waals surface area (Å²) in [5, 5.41) is 16.4. The number of nitrogens with zero attached hydrogens (tertiary/aromatic N) is 1. The zero-order valence-electron chi connectivity index (χ0n) is 19.5. The van der Waals surface area contributed by atoms with Gasteiger partial charge < -0.3 is 20.5 Å². The van der Waals surface area contributed by atoms with Crippen LogP contribution in [-0.4, -0.2) is 41.2 Å². The Morgan fingerprint density at radius 1 is 1.06 bits per heavy atom. The molecule has 8 nitrogen and oxygen atoms in total. The molecule has 3 aromatic rings. The number of carbonyl (C=O) groups is 3. The Morgan fingerprint density at radius 3 is 2.26 bits per heavy atom. The average molecular weight is 494 g/mol. The van der Waals surface area contributed by atoms with Crippen LogP contribution >= 0.6 is 11.3 Å². The third-order valence-corrected chi connectivity index (χ3v) is 7.31. The number of rotatable bonds is 9. The van der Waals surface area contributed by atoms with Gasteiger partial charge >= 0.3 is 12.1 Å². The number of alkyl carbamates (subject to hydrolysis) is 1. The first kappa shape index (κ1) is 24.4. The van der Waals surface area contributed by atoms with Gasteiger partial charge in [0.05, 0.1) is 12.0 Å². The highest BCUT2D eigenvalue weighted by atomic mass is 32.1. The van der Waals surface area contributed by atoms with Gasteiger partial charge in [0.2, 0.25) is 5.91 Å². The van der Waals surface area contributed by atoms with Gasteiger partial charge in [-0.05, 0) is 35.6 Å². The zero-order chi connectivity index (χ0) is 25.0. The first-order chi connectivity index (χ1) is 16.8. The number of nitrogens with one attached hydrogen (secondary N) is 2. The van der Waals surface area contributed by atoms with Gasteiger partial charge in [-0.3, -0.25) is 4.79 Å². The van der Waals surface area contributed by atoms with Gasteiger partial charge in [0.25, 0.3) is 0 Å². The number of ether oxygens (including phenoxy) is 1. The maximum atomic E-state index is 12.8. The van der Waals surface area contributed by atoms with Crippen molar-refractivity contribution in [3.8, 4) is 11.1 Å². The van der Waals surface area contributed by atoms with Crippen LogP contribution < -0.4 is 10.6 Å². The Kier molecular flexibility index (Phi) is 7.16. The van der Waals surface area contributed by atoms with E-state index in [9.17, 15) is 14.4 Å². The molecule has 1 heterocycles. The number of hydrogen-bond donors (Lipinski definition) is 3. The number of benzene rings is 2. The summed E-state index contributed by atoms with van der Waals surface area (Å²) in [6.07, 6.45) is -0.0915. The number of aromatic nitrogens is 1. The van der Waals surface area contributed by atoms with Crippen molar-refractivity contribution in [2.45, 2.75) is 32.7 Å². The molecule has 0 saturated heterocycles. The summed E-state index contributed by atoms with van der Waals surface area (Å²) in [5.41, 5.74) is 3.67. The summed E-state index contributed by atoms with van der Waals surface area (Å²) in [5.74, 6) is -1.40. The number of thiazole rings is 1. The molecule has 0 radical (unpaired) electrons. The zero-order valence-corrected chi connectivity index (χ0v) is 20.4. The Labute approximate surface area is 207 Å². The number of aromatic carboxylic acids is 1. The number of hydrogen-bond acceptors (Lipinski definition) is 6. The minimum Gasteiger partial charge on any atom is -0.476 e. The van der Waals surface area contributed by atoms with Gasteiger partial charge in [-0.15, -0.1) is 11.3 Å². The van der Waals surface area contributed by atoms with E-state index < -0.39 is 17.5 Å². The van der Waals surface area contributed by atoms with E-state index in [4.69, 9.17) is 9.84 Å². The second kappa shape index (κ2) is 10.3. The van der Waals surface area contributed by atoms with E-state index in [1.807, 2.05) is 31.2 Å². The molecule has 3 N–H and O–H groups in total.